The molecule has 0 N–H and O–H groups in total. The van der Waals surface area contributed by atoms with Gasteiger partial charge in [0, 0.05) is 14.1 Å². The van der Waals surface area contributed by atoms with Gasteiger partial charge in [0.1, 0.15) is 17.7 Å². The van der Waals surface area contributed by atoms with Crippen molar-refractivity contribution in [1.82, 2.24) is 34.1 Å². The molecule has 3 rings (SSSR count). The number of nitrogens with zero attached hydrogens (tertiary/aromatic N) is 7. The molecule has 1 atom stereocenters. The standard InChI is InChI=1S/C13H18ClN7/c1-5-9-11-13(20(4)18-9)21(12(16-11)8(2)14)6-10-17-15-7-19(10)3/h7-8H,5-6H2,1-4H3. The maximum atomic E-state index is 6.31. The zero-order chi connectivity index (χ0) is 15.1. The molecule has 3 heterocycles. The molecule has 0 aliphatic rings. The molecule has 0 spiro atoms. The summed E-state index contributed by atoms with van der Waals surface area (Å²) in [6.07, 6.45) is 2.53. The van der Waals surface area contributed by atoms with Gasteiger partial charge in [-0.25, -0.2) is 4.98 Å². The van der Waals surface area contributed by atoms with E-state index in [1.54, 1.807) is 6.33 Å². The normalized spacial score (nSPS) is 13.2. The highest BCUT2D eigenvalue weighted by Gasteiger charge is 2.22. The van der Waals surface area contributed by atoms with Crippen molar-refractivity contribution >= 4 is 22.8 Å². The third-order valence-corrected chi connectivity index (χ3v) is 3.81. The lowest BCUT2D eigenvalue weighted by Crippen LogP contribution is -2.12. The Morgan fingerprint density at radius 2 is 2.10 bits per heavy atom. The minimum absolute atomic E-state index is 0.185. The minimum atomic E-state index is -0.185. The SMILES string of the molecule is CCc1nn(C)c2c1nc(C(C)Cl)n2Cc1nncn1C. The molecule has 21 heavy (non-hydrogen) atoms. The number of hydrogen-bond donors (Lipinski definition) is 0. The van der Waals surface area contributed by atoms with E-state index in [0.717, 1.165) is 34.9 Å². The molecule has 0 amide bonds. The first kappa shape index (κ1) is 14.1. The Morgan fingerprint density at radius 3 is 2.67 bits per heavy atom. The van der Waals surface area contributed by atoms with Gasteiger partial charge in [-0.3, -0.25) is 4.68 Å². The Balaban J connectivity index is 2.21. The van der Waals surface area contributed by atoms with Crippen LogP contribution in [0, 0.1) is 0 Å². The Labute approximate surface area is 127 Å². The summed E-state index contributed by atoms with van der Waals surface area (Å²) in [6.45, 7) is 4.57. The minimum Gasteiger partial charge on any atom is -0.319 e. The smallest absolute Gasteiger partial charge is 0.159 e. The highest BCUT2D eigenvalue weighted by atomic mass is 35.5. The molecule has 0 saturated carbocycles. The highest BCUT2D eigenvalue weighted by molar-refractivity contribution is 6.20. The molecule has 3 aromatic rings. The largest absolute Gasteiger partial charge is 0.319 e. The third-order valence-electron chi connectivity index (χ3n) is 3.62. The summed E-state index contributed by atoms with van der Waals surface area (Å²) in [5.41, 5.74) is 2.88. The van der Waals surface area contributed by atoms with Gasteiger partial charge >= 0.3 is 0 Å². The Kier molecular flexibility index (Phi) is 3.44. The van der Waals surface area contributed by atoms with Crippen LogP contribution in [-0.2, 0) is 27.1 Å². The molecule has 0 aliphatic carbocycles. The fraction of sp³-hybridized carbons (Fsp3) is 0.538. The van der Waals surface area contributed by atoms with Crippen LogP contribution < -0.4 is 0 Å². The average Bonchev–Trinajstić information content (AvgIpc) is 3.08. The Morgan fingerprint density at radius 1 is 1.33 bits per heavy atom. The summed E-state index contributed by atoms with van der Waals surface area (Å²) in [5.74, 6) is 1.68. The molecule has 7 nitrogen and oxygen atoms in total. The molecule has 1 unspecified atom stereocenters. The maximum Gasteiger partial charge on any atom is 0.159 e. The first-order valence-corrected chi connectivity index (χ1v) is 7.35. The van der Waals surface area contributed by atoms with Crippen LogP contribution in [0.5, 0.6) is 0 Å². The van der Waals surface area contributed by atoms with E-state index in [4.69, 9.17) is 16.6 Å². The highest BCUT2D eigenvalue weighted by Crippen LogP contribution is 2.27. The van der Waals surface area contributed by atoms with E-state index in [2.05, 4.69) is 26.8 Å². The number of halogens is 1. The number of alkyl halides is 1. The molecule has 0 aliphatic heterocycles. The van der Waals surface area contributed by atoms with Gasteiger partial charge < -0.3 is 9.13 Å². The number of rotatable bonds is 4. The summed E-state index contributed by atoms with van der Waals surface area (Å²) in [4.78, 5) is 4.70. The number of fused-ring (bicyclic) bond motifs is 1. The van der Waals surface area contributed by atoms with Gasteiger partial charge in [0.25, 0.3) is 0 Å². The fourth-order valence-electron chi connectivity index (χ4n) is 2.55. The van der Waals surface area contributed by atoms with Crippen LogP contribution in [0.4, 0.5) is 0 Å². The summed E-state index contributed by atoms with van der Waals surface area (Å²) in [7, 11) is 3.85. The van der Waals surface area contributed by atoms with E-state index in [-0.39, 0.29) is 5.38 Å². The zero-order valence-electron chi connectivity index (χ0n) is 12.6. The number of imidazole rings is 1. The Bertz CT molecular complexity index is 780. The first-order valence-electron chi connectivity index (χ1n) is 6.91. The third kappa shape index (κ3) is 2.21. The van der Waals surface area contributed by atoms with Crippen molar-refractivity contribution in [1.29, 1.82) is 0 Å². The maximum absolute atomic E-state index is 6.31. The lowest BCUT2D eigenvalue weighted by molar-refractivity contribution is 0.645. The molecule has 3 aromatic heterocycles. The van der Waals surface area contributed by atoms with E-state index in [0.29, 0.717) is 6.54 Å². The van der Waals surface area contributed by atoms with E-state index in [9.17, 15) is 0 Å². The van der Waals surface area contributed by atoms with Crippen molar-refractivity contribution < 1.29 is 0 Å². The second-order valence-electron chi connectivity index (χ2n) is 5.13. The van der Waals surface area contributed by atoms with Gasteiger partial charge in [0.2, 0.25) is 0 Å². The summed E-state index contributed by atoms with van der Waals surface area (Å²) in [5, 5.41) is 12.4. The van der Waals surface area contributed by atoms with Crippen molar-refractivity contribution in [2.24, 2.45) is 14.1 Å². The molecule has 112 valence electrons. The van der Waals surface area contributed by atoms with Crippen LogP contribution in [0.3, 0.4) is 0 Å². The zero-order valence-corrected chi connectivity index (χ0v) is 13.3. The van der Waals surface area contributed by atoms with Gasteiger partial charge in [0.15, 0.2) is 11.5 Å². The van der Waals surface area contributed by atoms with Crippen LogP contribution in [-0.4, -0.2) is 34.1 Å². The van der Waals surface area contributed by atoms with E-state index in [1.807, 2.05) is 30.3 Å². The topological polar surface area (TPSA) is 66.3 Å². The van der Waals surface area contributed by atoms with Crippen molar-refractivity contribution in [3.63, 3.8) is 0 Å². The predicted molar refractivity (Wildman–Crippen MR) is 80.3 cm³/mol. The van der Waals surface area contributed by atoms with Gasteiger partial charge in [-0.05, 0) is 13.3 Å². The summed E-state index contributed by atoms with van der Waals surface area (Å²) in [6, 6.07) is 0. The second-order valence-corrected chi connectivity index (χ2v) is 5.78. The fourth-order valence-corrected chi connectivity index (χ4v) is 2.71. The molecule has 8 heteroatoms. The monoisotopic (exact) mass is 307 g/mol. The second kappa shape index (κ2) is 5.14. The first-order chi connectivity index (χ1) is 10.0. The number of aryl methyl sites for hydroxylation is 3. The quantitative estimate of drug-likeness (QED) is 0.689. The van der Waals surface area contributed by atoms with Crippen molar-refractivity contribution in [3.05, 3.63) is 23.7 Å². The molecular weight excluding hydrogens is 290 g/mol. The van der Waals surface area contributed by atoms with E-state index in [1.165, 1.54) is 0 Å². The lowest BCUT2D eigenvalue weighted by atomic mass is 10.3. The lowest BCUT2D eigenvalue weighted by Gasteiger charge is -2.10. The average molecular weight is 308 g/mol. The van der Waals surface area contributed by atoms with Crippen molar-refractivity contribution in [2.45, 2.75) is 32.2 Å². The predicted octanol–water partition coefficient (Wildman–Crippen LogP) is 1.81. The van der Waals surface area contributed by atoms with E-state index >= 15 is 0 Å². The molecular formula is C13H18ClN7. The van der Waals surface area contributed by atoms with Crippen LogP contribution in [0.15, 0.2) is 6.33 Å². The number of aromatic nitrogens is 7. The van der Waals surface area contributed by atoms with Gasteiger partial charge in [-0.1, -0.05) is 6.92 Å². The molecule has 0 fully saturated rings. The van der Waals surface area contributed by atoms with Gasteiger partial charge in [-0.15, -0.1) is 21.8 Å². The van der Waals surface area contributed by atoms with Crippen LogP contribution in [0.2, 0.25) is 0 Å². The van der Waals surface area contributed by atoms with Crippen molar-refractivity contribution in [2.75, 3.05) is 0 Å². The van der Waals surface area contributed by atoms with Crippen molar-refractivity contribution in [3.8, 4) is 0 Å². The molecule has 0 saturated heterocycles. The van der Waals surface area contributed by atoms with Crippen LogP contribution in [0.1, 0.15) is 36.6 Å². The summed E-state index contributed by atoms with van der Waals surface area (Å²) >= 11 is 6.31. The molecule has 0 radical (unpaired) electrons. The van der Waals surface area contributed by atoms with Gasteiger partial charge in [0.05, 0.1) is 17.6 Å². The molecule has 0 aromatic carbocycles. The molecule has 0 bridgehead atoms. The Hall–Kier alpha value is -1.89. The summed E-state index contributed by atoms with van der Waals surface area (Å²) < 4.78 is 5.83. The van der Waals surface area contributed by atoms with E-state index < -0.39 is 0 Å². The van der Waals surface area contributed by atoms with Crippen LogP contribution in [0.25, 0.3) is 11.2 Å². The number of hydrogen-bond acceptors (Lipinski definition) is 4. The van der Waals surface area contributed by atoms with Gasteiger partial charge in [-0.2, -0.15) is 5.10 Å². The van der Waals surface area contributed by atoms with Crippen LogP contribution >= 0.6 is 11.6 Å².